The van der Waals surface area contributed by atoms with Crippen molar-refractivity contribution in [2.45, 2.75) is 18.2 Å². The van der Waals surface area contributed by atoms with Gasteiger partial charge in [0.2, 0.25) is 11.8 Å². The van der Waals surface area contributed by atoms with Crippen molar-refractivity contribution in [3.05, 3.63) is 93.9 Å². The monoisotopic (exact) mass is 527 g/mol. The first kappa shape index (κ1) is 22.6. The number of anilines is 2. The smallest absolute Gasteiger partial charge is 0.247 e. The number of nitrogens with one attached hydrogen (secondary N) is 1. The van der Waals surface area contributed by atoms with Gasteiger partial charge in [0, 0.05) is 21.6 Å². The third kappa shape index (κ3) is 5.59. The first-order chi connectivity index (χ1) is 15.5. The fourth-order valence-electron chi connectivity index (χ4n) is 3.20. The highest BCUT2D eigenvalue weighted by Gasteiger charge is 2.40. The van der Waals surface area contributed by atoms with Crippen molar-refractivity contribution in [2.24, 2.45) is 4.99 Å². The minimum Gasteiger partial charge on any atom is -0.335 e. The number of carbonyl (C=O) groups excluding carboxylic acids is 2. The van der Waals surface area contributed by atoms with Crippen molar-refractivity contribution in [1.29, 1.82) is 0 Å². The number of amides is 2. The molecule has 0 saturated carbocycles. The van der Waals surface area contributed by atoms with E-state index in [1.807, 2.05) is 66.7 Å². The van der Waals surface area contributed by atoms with Gasteiger partial charge in [0.25, 0.3) is 0 Å². The Balaban J connectivity index is 1.53. The summed E-state index contributed by atoms with van der Waals surface area (Å²) in [5, 5.41) is 3.98. The van der Waals surface area contributed by atoms with Crippen LogP contribution < -0.4 is 10.2 Å². The summed E-state index contributed by atoms with van der Waals surface area (Å²) in [4.78, 5) is 31.7. The van der Waals surface area contributed by atoms with Gasteiger partial charge in [-0.15, -0.1) is 0 Å². The molecule has 0 unspecified atom stereocenters. The minimum absolute atomic E-state index is 0.121. The number of nitrogens with zero attached hydrogens (tertiary/aromatic N) is 2. The zero-order chi connectivity index (χ0) is 22.5. The predicted octanol–water partition coefficient (Wildman–Crippen LogP) is 6.14. The van der Waals surface area contributed by atoms with Crippen LogP contribution >= 0.6 is 39.3 Å². The third-order valence-corrected chi connectivity index (χ3v) is 6.68. The molecule has 0 spiro atoms. The highest BCUT2D eigenvalue weighted by Crippen LogP contribution is 2.31. The molecule has 1 saturated heterocycles. The van der Waals surface area contributed by atoms with E-state index in [0.29, 0.717) is 22.4 Å². The van der Waals surface area contributed by atoms with Crippen molar-refractivity contribution in [3.8, 4) is 0 Å². The van der Waals surface area contributed by atoms with Gasteiger partial charge in [-0.25, -0.2) is 4.90 Å². The lowest BCUT2D eigenvalue weighted by molar-refractivity contribution is -0.121. The molecule has 1 aliphatic heterocycles. The quantitative estimate of drug-likeness (QED) is 0.246. The van der Waals surface area contributed by atoms with Gasteiger partial charge in [-0.2, -0.15) is 0 Å². The Hall–Kier alpha value is -2.61. The first-order valence-corrected chi connectivity index (χ1v) is 11.9. The number of halogens is 2. The number of rotatable bonds is 5. The zero-order valence-corrected chi connectivity index (χ0v) is 20.0. The molecule has 162 valence electrons. The van der Waals surface area contributed by atoms with Crippen LogP contribution in [-0.4, -0.2) is 22.2 Å². The summed E-state index contributed by atoms with van der Waals surface area (Å²) in [5.74, 6) is -0.456. The maximum Gasteiger partial charge on any atom is 0.247 e. The van der Waals surface area contributed by atoms with Crippen LogP contribution in [0.2, 0.25) is 5.02 Å². The van der Waals surface area contributed by atoms with Gasteiger partial charge in [0.15, 0.2) is 5.17 Å². The second-order valence-corrected chi connectivity index (χ2v) is 9.64. The second kappa shape index (κ2) is 10.3. The largest absolute Gasteiger partial charge is 0.335 e. The van der Waals surface area contributed by atoms with E-state index in [0.717, 1.165) is 15.7 Å². The first-order valence-electron chi connectivity index (χ1n) is 9.89. The van der Waals surface area contributed by atoms with Gasteiger partial charge in [0.05, 0.1) is 12.2 Å². The number of amidine groups is 1. The lowest BCUT2D eigenvalue weighted by atomic mass is 10.2. The molecule has 2 amide bonds. The van der Waals surface area contributed by atoms with Gasteiger partial charge >= 0.3 is 0 Å². The van der Waals surface area contributed by atoms with E-state index in [9.17, 15) is 9.59 Å². The maximum absolute atomic E-state index is 13.1. The van der Waals surface area contributed by atoms with Gasteiger partial charge < -0.3 is 5.32 Å². The second-order valence-electron chi connectivity index (χ2n) is 7.09. The van der Waals surface area contributed by atoms with Crippen LogP contribution in [0, 0.1) is 0 Å². The van der Waals surface area contributed by atoms with Crippen LogP contribution in [0.25, 0.3) is 0 Å². The summed E-state index contributed by atoms with van der Waals surface area (Å²) >= 11 is 10.6. The molecule has 3 aromatic rings. The number of imide groups is 1. The number of hydrogen-bond acceptors (Lipinski definition) is 4. The molecule has 8 heteroatoms. The Bertz CT molecular complexity index is 1140. The molecule has 0 bridgehead atoms. The number of aliphatic imine (C=N–C) groups is 1. The van der Waals surface area contributed by atoms with Gasteiger partial charge in [-0.05, 0) is 54.1 Å². The molecule has 1 N–H and O–H groups in total. The lowest BCUT2D eigenvalue weighted by Crippen LogP contribution is -2.31. The van der Waals surface area contributed by atoms with Crippen LogP contribution in [0.15, 0.2) is 88.3 Å². The Morgan fingerprint density at radius 1 is 1.03 bits per heavy atom. The minimum atomic E-state index is -0.550. The van der Waals surface area contributed by atoms with Crippen molar-refractivity contribution >= 4 is 67.6 Å². The van der Waals surface area contributed by atoms with Gasteiger partial charge in [-0.1, -0.05) is 69.6 Å². The molecule has 1 fully saturated rings. The fourth-order valence-corrected chi connectivity index (χ4v) is 4.60. The Kier molecular flexibility index (Phi) is 7.29. The summed E-state index contributed by atoms with van der Waals surface area (Å²) in [6.07, 6.45) is 0.121. The molecular weight excluding hydrogens is 510 g/mol. The van der Waals surface area contributed by atoms with Crippen molar-refractivity contribution < 1.29 is 9.59 Å². The molecule has 0 aliphatic carbocycles. The molecule has 0 radical (unpaired) electrons. The molecule has 3 aromatic carbocycles. The van der Waals surface area contributed by atoms with Gasteiger partial charge in [0.1, 0.15) is 5.25 Å². The van der Waals surface area contributed by atoms with Crippen LogP contribution in [0.3, 0.4) is 0 Å². The van der Waals surface area contributed by atoms with E-state index in [2.05, 4.69) is 26.2 Å². The molecular formula is C24H19BrClN3O2S. The van der Waals surface area contributed by atoms with E-state index in [-0.39, 0.29) is 18.2 Å². The molecule has 4 rings (SSSR count). The molecule has 1 heterocycles. The average Bonchev–Trinajstić information content (AvgIpc) is 3.07. The Labute approximate surface area is 204 Å². The number of para-hydroxylation sites is 1. The summed E-state index contributed by atoms with van der Waals surface area (Å²) in [7, 11) is 0. The lowest BCUT2D eigenvalue weighted by Gasteiger charge is -2.16. The van der Waals surface area contributed by atoms with Crippen molar-refractivity contribution in [3.63, 3.8) is 0 Å². The van der Waals surface area contributed by atoms with Crippen LogP contribution in [0.4, 0.5) is 11.4 Å². The number of thioether (sulfide) groups is 1. The molecule has 0 aromatic heterocycles. The third-order valence-electron chi connectivity index (χ3n) is 4.79. The van der Waals surface area contributed by atoms with E-state index >= 15 is 0 Å². The van der Waals surface area contributed by atoms with Gasteiger partial charge in [-0.3, -0.25) is 14.6 Å². The molecule has 1 atom stereocenters. The van der Waals surface area contributed by atoms with E-state index < -0.39 is 5.25 Å². The van der Waals surface area contributed by atoms with Crippen molar-refractivity contribution in [1.82, 2.24) is 0 Å². The highest BCUT2D eigenvalue weighted by molar-refractivity contribution is 9.10. The van der Waals surface area contributed by atoms with E-state index in [1.54, 1.807) is 12.1 Å². The number of hydrogen-bond donors (Lipinski definition) is 1. The SMILES string of the molecule is O=C1C[C@@H](SC(=NCc2ccc(Cl)cc2)Nc2ccccc2)C(=O)N1c1ccc(Br)cc1. The Morgan fingerprint density at radius 2 is 1.72 bits per heavy atom. The standard InChI is InChI=1S/C24H19BrClN3O2S/c25-17-8-12-20(13-9-17)29-22(30)14-21(23(29)31)32-24(28-19-4-2-1-3-5-19)27-15-16-6-10-18(26)11-7-16/h1-13,21H,14-15H2,(H,27,28)/t21-/m1/s1. The van der Waals surface area contributed by atoms with Crippen LogP contribution in [0.1, 0.15) is 12.0 Å². The summed E-state index contributed by atoms with van der Waals surface area (Å²) in [6, 6.07) is 24.2. The summed E-state index contributed by atoms with van der Waals surface area (Å²) < 4.78 is 0.884. The zero-order valence-electron chi connectivity index (χ0n) is 16.9. The topological polar surface area (TPSA) is 61.8 Å². The average molecular weight is 529 g/mol. The maximum atomic E-state index is 13.1. The number of carbonyl (C=O) groups is 2. The van der Waals surface area contributed by atoms with Crippen molar-refractivity contribution in [2.75, 3.05) is 10.2 Å². The van der Waals surface area contributed by atoms with E-state index in [4.69, 9.17) is 11.6 Å². The molecule has 5 nitrogen and oxygen atoms in total. The molecule has 1 aliphatic rings. The molecule has 32 heavy (non-hydrogen) atoms. The summed E-state index contributed by atoms with van der Waals surface area (Å²) in [5.41, 5.74) is 2.42. The van der Waals surface area contributed by atoms with Crippen LogP contribution in [0.5, 0.6) is 0 Å². The summed E-state index contributed by atoms with van der Waals surface area (Å²) in [6.45, 7) is 0.421. The highest BCUT2D eigenvalue weighted by atomic mass is 79.9. The Morgan fingerprint density at radius 3 is 2.41 bits per heavy atom. The predicted molar refractivity (Wildman–Crippen MR) is 135 cm³/mol. The van der Waals surface area contributed by atoms with E-state index in [1.165, 1.54) is 16.7 Å². The number of benzene rings is 3. The fraction of sp³-hybridized carbons (Fsp3) is 0.125. The van der Waals surface area contributed by atoms with Crippen LogP contribution in [-0.2, 0) is 16.1 Å². The normalized spacial score (nSPS) is 16.5.